The first-order chi connectivity index (χ1) is 18.7. The standard InChI is InChI=1S/C29H32N8O/c1-36-8-10-37(11-9-36)28-18-32-17-27-23(28)14-26(33-27)29-24-13-19(2-3-25(24)34-35-29)20-12-22(16-31-15-20)38-21-4-6-30-7-5-21/h2-3,12-18,21,30,33H,4-11H2,1H3,(H,34,35). The van der Waals surface area contributed by atoms with E-state index in [1.807, 2.05) is 24.8 Å². The maximum Gasteiger partial charge on any atom is 0.138 e. The van der Waals surface area contributed by atoms with Gasteiger partial charge in [0.15, 0.2) is 0 Å². The molecule has 0 amide bonds. The van der Waals surface area contributed by atoms with Gasteiger partial charge in [0.25, 0.3) is 0 Å². The molecule has 38 heavy (non-hydrogen) atoms. The van der Waals surface area contributed by atoms with Gasteiger partial charge >= 0.3 is 0 Å². The Kier molecular flexibility index (Phi) is 5.94. The van der Waals surface area contributed by atoms with Crippen molar-refractivity contribution in [1.82, 2.24) is 35.4 Å². The quantitative estimate of drug-likeness (QED) is 0.329. The molecule has 0 spiro atoms. The lowest BCUT2D eigenvalue weighted by atomic mass is 10.0. The number of benzene rings is 1. The number of aromatic amines is 2. The van der Waals surface area contributed by atoms with E-state index in [0.29, 0.717) is 0 Å². The molecule has 2 saturated heterocycles. The number of nitrogens with zero attached hydrogens (tertiary/aromatic N) is 5. The van der Waals surface area contributed by atoms with Gasteiger partial charge in [-0.25, -0.2) is 0 Å². The molecular formula is C29H32N8O. The van der Waals surface area contributed by atoms with Gasteiger partial charge in [0.1, 0.15) is 17.5 Å². The molecule has 6 heterocycles. The van der Waals surface area contributed by atoms with Gasteiger partial charge in [-0.15, -0.1) is 0 Å². The number of fused-ring (bicyclic) bond motifs is 2. The highest BCUT2D eigenvalue weighted by molar-refractivity contribution is 6.00. The number of pyridine rings is 2. The highest BCUT2D eigenvalue weighted by Gasteiger charge is 2.20. The van der Waals surface area contributed by atoms with Crippen LogP contribution in [0.3, 0.4) is 0 Å². The number of anilines is 1. The average molecular weight is 509 g/mol. The largest absolute Gasteiger partial charge is 0.489 e. The maximum absolute atomic E-state index is 6.25. The van der Waals surface area contributed by atoms with Crippen LogP contribution < -0.4 is 15.0 Å². The van der Waals surface area contributed by atoms with E-state index in [1.54, 1.807) is 0 Å². The van der Waals surface area contributed by atoms with E-state index >= 15 is 0 Å². The minimum absolute atomic E-state index is 0.239. The van der Waals surface area contributed by atoms with E-state index in [2.05, 4.69) is 72.5 Å². The van der Waals surface area contributed by atoms with Crippen molar-refractivity contribution < 1.29 is 4.74 Å². The smallest absolute Gasteiger partial charge is 0.138 e. The van der Waals surface area contributed by atoms with Gasteiger partial charge in [-0.2, -0.15) is 5.10 Å². The Balaban J connectivity index is 1.22. The van der Waals surface area contributed by atoms with Gasteiger partial charge in [-0.3, -0.25) is 15.1 Å². The van der Waals surface area contributed by atoms with E-state index in [-0.39, 0.29) is 6.10 Å². The Hall–Kier alpha value is -3.95. The molecular weight excluding hydrogens is 476 g/mol. The fraction of sp³-hybridized carbons (Fsp3) is 0.345. The monoisotopic (exact) mass is 508 g/mol. The second kappa shape index (κ2) is 9.74. The predicted octanol–water partition coefficient (Wildman–Crippen LogP) is 4.05. The van der Waals surface area contributed by atoms with Crippen molar-refractivity contribution in [3.63, 3.8) is 0 Å². The first-order valence-corrected chi connectivity index (χ1v) is 13.4. The van der Waals surface area contributed by atoms with Crippen molar-refractivity contribution in [2.45, 2.75) is 18.9 Å². The number of piperazine rings is 1. The first kappa shape index (κ1) is 23.2. The molecule has 5 aromatic rings. The van der Waals surface area contributed by atoms with Crippen molar-refractivity contribution >= 4 is 27.5 Å². The number of nitrogens with one attached hydrogen (secondary N) is 3. The third kappa shape index (κ3) is 4.37. The normalized spacial score (nSPS) is 17.4. The Morgan fingerprint density at radius 2 is 1.68 bits per heavy atom. The van der Waals surface area contributed by atoms with Gasteiger partial charge in [0, 0.05) is 48.7 Å². The number of rotatable bonds is 5. The van der Waals surface area contributed by atoms with Gasteiger partial charge < -0.3 is 24.8 Å². The van der Waals surface area contributed by atoms with Crippen molar-refractivity contribution in [2.75, 3.05) is 51.2 Å². The molecule has 0 aliphatic carbocycles. The summed E-state index contributed by atoms with van der Waals surface area (Å²) in [6, 6.07) is 10.7. The van der Waals surface area contributed by atoms with E-state index in [9.17, 15) is 0 Å². The third-order valence-corrected chi connectivity index (χ3v) is 7.82. The third-order valence-electron chi connectivity index (χ3n) is 7.82. The lowest BCUT2D eigenvalue weighted by Crippen LogP contribution is -2.44. The zero-order valence-electron chi connectivity index (χ0n) is 21.6. The number of piperidine rings is 1. The predicted molar refractivity (Wildman–Crippen MR) is 151 cm³/mol. The Labute approximate surface area is 221 Å². The SMILES string of the molecule is CN1CCN(c2cncc3[nH]c(-c4n[nH]c5ccc(-c6cncc(OC7CCNCC7)c6)cc45)cc23)CC1. The van der Waals surface area contributed by atoms with Gasteiger partial charge in [0.2, 0.25) is 0 Å². The van der Waals surface area contributed by atoms with Crippen LogP contribution in [-0.4, -0.2) is 82.5 Å². The zero-order chi connectivity index (χ0) is 25.5. The summed E-state index contributed by atoms with van der Waals surface area (Å²) in [5, 5.41) is 13.5. The second-order valence-electron chi connectivity index (χ2n) is 10.4. The topological polar surface area (TPSA) is 98.0 Å². The summed E-state index contributed by atoms with van der Waals surface area (Å²) in [6.45, 7) is 6.11. The van der Waals surface area contributed by atoms with Crippen LogP contribution in [0, 0.1) is 0 Å². The Bertz CT molecular complexity index is 1580. The van der Waals surface area contributed by atoms with E-state index in [4.69, 9.17) is 9.84 Å². The molecule has 9 heteroatoms. The van der Waals surface area contributed by atoms with Crippen LogP contribution >= 0.6 is 0 Å². The van der Waals surface area contributed by atoms with Crippen LogP contribution in [0.5, 0.6) is 5.75 Å². The summed E-state index contributed by atoms with van der Waals surface area (Å²) < 4.78 is 6.25. The molecule has 0 radical (unpaired) electrons. The molecule has 2 fully saturated rings. The number of hydrogen-bond acceptors (Lipinski definition) is 7. The molecule has 4 aromatic heterocycles. The molecule has 0 saturated carbocycles. The lowest BCUT2D eigenvalue weighted by molar-refractivity contribution is 0.162. The van der Waals surface area contributed by atoms with Crippen LogP contribution in [0.4, 0.5) is 5.69 Å². The fourth-order valence-corrected chi connectivity index (χ4v) is 5.61. The summed E-state index contributed by atoms with van der Waals surface area (Å²) >= 11 is 0. The zero-order valence-corrected chi connectivity index (χ0v) is 21.6. The van der Waals surface area contributed by atoms with E-state index in [1.165, 1.54) is 11.1 Å². The van der Waals surface area contributed by atoms with E-state index in [0.717, 1.165) is 96.8 Å². The molecule has 2 aliphatic rings. The number of likely N-dealkylation sites (N-methyl/N-ethyl adjacent to an activating group) is 1. The minimum Gasteiger partial charge on any atom is -0.489 e. The molecule has 0 bridgehead atoms. The summed E-state index contributed by atoms with van der Waals surface area (Å²) in [5.74, 6) is 0.821. The van der Waals surface area contributed by atoms with Gasteiger partial charge in [0.05, 0.1) is 41.0 Å². The number of H-pyrrole nitrogens is 2. The molecule has 0 unspecified atom stereocenters. The lowest BCUT2D eigenvalue weighted by Gasteiger charge is -2.34. The van der Waals surface area contributed by atoms with Crippen molar-refractivity contribution in [3.05, 3.63) is 55.1 Å². The van der Waals surface area contributed by atoms with Crippen molar-refractivity contribution in [2.24, 2.45) is 0 Å². The molecule has 3 N–H and O–H groups in total. The molecule has 0 atom stereocenters. The summed E-state index contributed by atoms with van der Waals surface area (Å²) in [6.07, 6.45) is 9.87. The first-order valence-electron chi connectivity index (χ1n) is 13.4. The van der Waals surface area contributed by atoms with E-state index < -0.39 is 0 Å². The molecule has 2 aliphatic heterocycles. The van der Waals surface area contributed by atoms with Crippen molar-refractivity contribution in [1.29, 1.82) is 0 Å². The van der Waals surface area contributed by atoms with Crippen LogP contribution in [0.2, 0.25) is 0 Å². The highest BCUT2D eigenvalue weighted by Crippen LogP contribution is 2.35. The summed E-state index contributed by atoms with van der Waals surface area (Å²) in [4.78, 5) is 17.4. The van der Waals surface area contributed by atoms with Crippen LogP contribution in [0.25, 0.3) is 44.3 Å². The van der Waals surface area contributed by atoms with Crippen LogP contribution in [0.1, 0.15) is 12.8 Å². The molecule has 1 aromatic carbocycles. The number of ether oxygens (including phenoxy) is 1. The minimum atomic E-state index is 0.239. The molecule has 194 valence electrons. The van der Waals surface area contributed by atoms with Gasteiger partial charge in [-0.05, 0) is 62.8 Å². The maximum atomic E-state index is 6.25. The Morgan fingerprint density at radius 1 is 0.842 bits per heavy atom. The summed E-state index contributed by atoms with van der Waals surface area (Å²) in [7, 11) is 2.18. The molecule has 9 nitrogen and oxygen atoms in total. The second-order valence-corrected chi connectivity index (χ2v) is 10.4. The molecule has 7 rings (SSSR count). The van der Waals surface area contributed by atoms with Crippen LogP contribution in [0.15, 0.2) is 55.1 Å². The number of aromatic nitrogens is 5. The highest BCUT2D eigenvalue weighted by atomic mass is 16.5. The van der Waals surface area contributed by atoms with Crippen molar-refractivity contribution in [3.8, 4) is 28.3 Å². The fourth-order valence-electron chi connectivity index (χ4n) is 5.61. The summed E-state index contributed by atoms with van der Waals surface area (Å²) in [5.41, 5.74) is 7.19. The van der Waals surface area contributed by atoms with Gasteiger partial charge in [-0.1, -0.05) is 6.07 Å². The average Bonchev–Trinajstić information content (AvgIpc) is 3.58. The number of hydrogen-bond donors (Lipinski definition) is 3. The van der Waals surface area contributed by atoms with Crippen LogP contribution in [-0.2, 0) is 0 Å². The Morgan fingerprint density at radius 3 is 2.55 bits per heavy atom.